The summed E-state index contributed by atoms with van der Waals surface area (Å²) < 4.78 is 21.2. The van der Waals surface area contributed by atoms with Crippen molar-refractivity contribution in [1.29, 1.82) is 0 Å². The number of benzene rings is 2. The molecule has 0 bridgehead atoms. The van der Waals surface area contributed by atoms with Crippen LogP contribution in [-0.2, 0) is 13.0 Å². The summed E-state index contributed by atoms with van der Waals surface area (Å²) in [6.45, 7) is 2.97. The van der Waals surface area contributed by atoms with E-state index in [-0.39, 0.29) is 11.7 Å². The van der Waals surface area contributed by atoms with Crippen molar-refractivity contribution in [3.8, 4) is 0 Å². The summed E-state index contributed by atoms with van der Waals surface area (Å²) in [6, 6.07) is 18.4. The zero-order valence-corrected chi connectivity index (χ0v) is 15.6. The summed E-state index contributed by atoms with van der Waals surface area (Å²) in [5.74, 6) is -0.452. The molecular weight excluding hydrogens is 355 g/mol. The molecule has 142 valence electrons. The highest BCUT2D eigenvalue weighted by molar-refractivity contribution is 5.97. The van der Waals surface area contributed by atoms with E-state index in [0.29, 0.717) is 36.4 Å². The van der Waals surface area contributed by atoms with Crippen LogP contribution >= 0.6 is 0 Å². The number of hydrogen-bond donors (Lipinski definition) is 1. The maximum atomic E-state index is 13.7. The number of aryl methyl sites for hydroxylation is 1. The van der Waals surface area contributed by atoms with E-state index in [9.17, 15) is 9.18 Å². The predicted molar refractivity (Wildman–Crippen MR) is 107 cm³/mol. The van der Waals surface area contributed by atoms with Gasteiger partial charge in [0.15, 0.2) is 5.58 Å². The van der Waals surface area contributed by atoms with Gasteiger partial charge >= 0.3 is 0 Å². The lowest BCUT2D eigenvalue weighted by Gasteiger charge is -2.11. The molecule has 0 aliphatic rings. The van der Waals surface area contributed by atoms with Gasteiger partial charge in [0.25, 0.3) is 5.91 Å². The largest absolute Gasteiger partial charge is 0.463 e. The summed E-state index contributed by atoms with van der Waals surface area (Å²) in [7, 11) is 0. The zero-order chi connectivity index (χ0) is 19.5. The Morgan fingerprint density at radius 3 is 2.68 bits per heavy atom. The highest BCUT2D eigenvalue weighted by Crippen LogP contribution is 2.22. The van der Waals surface area contributed by atoms with E-state index in [1.807, 2.05) is 17.6 Å². The second-order valence-corrected chi connectivity index (χ2v) is 6.87. The first-order chi connectivity index (χ1) is 13.6. The van der Waals surface area contributed by atoms with Crippen LogP contribution in [0.3, 0.4) is 0 Å². The van der Waals surface area contributed by atoms with Gasteiger partial charge in [0.2, 0.25) is 0 Å². The maximum absolute atomic E-state index is 13.7. The van der Waals surface area contributed by atoms with E-state index < -0.39 is 0 Å². The molecule has 1 N–H and O–H groups in total. The number of amides is 1. The molecule has 5 heteroatoms. The van der Waals surface area contributed by atoms with E-state index in [1.54, 1.807) is 30.5 Å². The van der Waals surface area contributed by atoms with Crippen molar-refractivity contribution in [3.05, 3.63) is 95.1 Å². The first-order valence-corrected chi connectivity index (χ1v) is 9.26. The molecule has 0 fully saturated rings. The molecule has 0 aliphatic carbocycles. The summed E-state index contributed by atoms with van der Waals surface area (Å²) in [5.41, 5.74) is 4.96. The molecule has 2 aromatic carbocycles. The number of nitrogens with zero attached hydrogens (tertiary/aromatic N) is 1. The van der Waals surface area contributed by atoms with Gasteiger partial charge in [-0.3, -0.25) is 4.79 Å². The van der Waals surface area contributed by atoms with Crippen molar-refractivity contribution in [2.45, 2.75) is 19.9 Å². The van der Waals surface area contributed by atoms with Crippen molar-refractivity contribution in [2.75, 3.05) is 6.54 Å². The molecule has 1 amide bonds. The Kier molecular flexibility index (Phi) is 4.98. The van der Waals surface area contributed by atoms with Crippen LogP contribution in [0, 0.1) is 12.7 Å². The van der Waals surface area contributed by atoms with Crippen LogP contribution < -0.4 is 5.32 Å². The third kappa shape index (κ3) is 3.69. The smallest absolute Gasteiger partial charge is 0.268 e. The van der Waals surface area contributed by atoms with Gasteiger partial charge in [-0.15, -0.1) is 0 Å². The molecule has 0 aliphatic heterocycles. The van der Waals surface area contributed by atoms with Crippen LogP contribution in [0.4, 0.5) is 4.39 Å². The van der Waals surface area contributed by atoms with Crippen molar-refractivity contribution in [1.82, 2.24) is 9.88 Å². The van der Waals surface area contributed by atoms with E-state index in [4.69, 9.17) is 4.42 Å². The first-order valence-electron chi connectivity index (χ1n) is 9.26. The van der Waals surface area contributed by atoms with E-state index in [1.165, 1.54) is 11.6 Å². The minimum Gasteiger partial charge on any atom is -0.463 e. The molecule has 0 saturated carbocycles. The summed E-state index contributed by atoms with van der Waals surface area (Å²) in [5, 5.41) is 2.89. The standard InChI is InChI=1S/C23H21FN2O2/c1-16-6-8-17(9-7-16)15-26-20-11-13-28-22(20)14-21(26)23(27)25-12-10-18-4-2-3-5-19(18)24/h2-9,11,13-14H,10,12,15H2,1H3,(H,25,27). The minimum absolute atomic E-state index is 0.199. The molecular formula is C23H21FN2O2. The van der Waals surface area contributed by atoms with Gasteiger partial charge in [-0.25, -0.2) is 4.39 Å². The summed E-state index contributed by atoms with van der Waals surface area (Å²) >= 11 is 0. The van der Waals surface area contributed by atoms with Gasteiger partial charge in [-0.2, -0.15) is 0 Å². The molecule has 28 heavy (non-hydrogen) atoms. The monoisotopic (exact) mass is 376 g/mol. The number of nitrogens with one attached hydrogen (secondary N) is 1. The average Bonchev–Trinajstić information content (AvgIpc) is 3.27. The molecule has 0 atom stereocenters. The Bertz CT molecular complexity index is 1110. The predicted octanol–water partition coefficient (Wildman–Crippen LogP) is 4.70. The molecule has 2 aromatic heterocycles. The third-order valence-electron chi connectivity index (χ3n) is 4.85. The Morgan fingerprint density at radius 2 is 1.89 bits per heavy atom. The van der Waals surface area contributed by atoms with Crippen LogP contribution in [0.1, 0.15) is 27.2 Å². The highest BCUT2D eigenvalue weighted by atomic mass is 19.1. The molecule has 4 nitrogen and oxygen atoms in total. The number of furan rings is 1. The average molecular weight is 376 g/mol. The number of fused-ring (bicyclic) bond motifs is 1. The number of carbonyl (C=O) groups excluding carboxylic acids is 1. The molecule has 0 spiro atoms. The Balaban J connectivity index is 1.52. The fraction of sp³-hybridized carbons (Fsp3) is 0.174. The van der Waals surface area contributed by atoms with Crippen LogP contribution in [0.5, 0.6) is 0 Å². The lowest BCUT2D eigenvalue weighted by molar-refractivity contribution is 0.0945. The van der Waals surface area contributed by atoms with Crippen LogP contribution in [0.15, 0.2) is 71.3 Å². The lowest BCUT2D eigenvalue weighted by atomic mass is 10.1. The van der Waals surface area contributed by atoms with Gasteiger partial charge in [-0.05, 0) is 30.5 Å². The second kappa shape index (κ2) is 7.72. The molecule has 0 radical (unpaired) electrons. The topological polar surface area (TPSA) is 47.2 Å². The normalized spacial score (nSPS) is 11.1. The molecule has 0 saturated heterocycles. The van der Waals surface area contributed by atoms with Crippen molar-refractivity contribution in [2.24, 2.45) is 0 Å². The minimum atomic E-state index is -0.253. The van der Waals surface area contributed by atoms with Crippen LogP contribution in [0.2, 0.25) is 0 Å². The molecule has 2 heterocycles. The van der Waals surface area contributed by atoms with Gasteiger partial charge in [-0.1, -0.05) is 48.0 Å². The number of halogens is 1. The fourth-order valence-corrected chi connectivity index (χ4v) is 3.31. The van der Waals surface area contributed by atoms with Crippen molar-refractivity contribution < 1.29 is 13.6 Å². The number of aromatic nitrogens is 1. The molecule has 4 rings (SSSR count). The zero-order valence-electron chi connectivity index (χ0n) is 15.6. The molecule has 0 unspecified atom stereocenters. The van der Waals surface area contributed by atoms with Crippen molar-refractivity contribution in [3.63, 3.8) is 0 Å². The first kappa shape index (κ1) is 18.0. The Hall–Kier alpha value is -3.34. The molecule has 4 aromatic rings. The number of carbonyl (C=O) groups is 1. The quantitative estimate of drug-likeness (QED) is 0.530. The van der Waals surface area contributed by atoms with E-state index in [2.05, 4.69) is 29.6 Å². The Morgan fingerprint density at radius 1 is 1.11 bits per heavy atom. The lowest BCUT2D eigenvalue weighted by Crippen LogP contribution is -2.28. The van der Waals surface area contributed by atoms with Gasteiger partial charge in [0.1, 0.15) is 11.5 Å². The van der Waals surface area contributed by atoms with Crippen LogP contribution in [-0.4, -0.2) is 17.0 Å². The van der Waals surface area contributed by atoms with E-state index >= 15 is 0 Å². The van der Waals surface area contributed by atoms with Crippen molar-refractivity contribution >= 4 is 17.0 Å². The highest BCUT2D eigenvalue weighted by Gasteiger charge is 2.17. The second-order valence-electron chi connectivity index (χ2n) is 6.87. The van der Waals surface area contributed by atoms with Gasteiger partial charge in [0.05, 0.1) is 11.8 Å². The van der Waals surface area contributed by atoms with Crippen LogP contribution in [0.25, 0.3) is 11.1 Å². The van der Waals surface area contributed by atoms with E-state index in [0.717, 1.165) is 11.1 Å². The summed E-state index contributed by atoms with van der Waals surface area (Å²) in [4.78, 5) is 12.8. The fourth-order valence-electron chi connectivity index (χ4n) is 3.31. The summed E-state index contributed by atoms with van der Waals surface area (Å²) in [6.07, 6.45) is 2.06. The van der Waals surface area contributed by atoms with Gasteiger partial charge in [0, 0.05) is 25.2 Å². The Labute approximate surface area is 162 Å². The third-order valence-corrected chi connectivity index (χ3v) is 4.85. The van der Waals surface area contributed by atoms with Gasteiger partial charge < -0.3 is 14.3 Å². The maximum Gasteiger partial charge on any atom is 0.268 e. The number of hydrogen-bond acceptors (Lipinski definition) is 2. The number of rotatable bonds is 6. The SMILES string of the molecule is Cc1ccc(Cn2c(C(=O)NCCc3ccccc3F)cc3occc32)cc1.